The van der Waals surface area contributed by atoms with Gasteiger partial charge in [-0.15, -0.1) is 0 Å². The van der Waals surface area contributed by atoms with Crippen LogP contribution in [0.15, 0.2) is 79.1 Å². The standard InChI is InChI=1S/C20H17N3/c1-2-7-16(8-3-1)12-14-23-19-11-5-4-10-18(19)22-20(23)17-9-6-13-21-15-17/h1-11,13,15H,12,14H2. The number of benzene rings is 2. The summed E-state index contributed by atoms with van der Waals surface area (Å²) >= 11 is 0. The van der Waals surface area contributed by atoms with Crippen molar-refractivity contribution in [1.82, 2.24) is 14.5 Å². The summed E-state index contributed by atoms with van der Waals surface area (Å²) in [6, 6.07) is 22.9. The molecule has 2 aromatic heterocycles. The molecule has 3 nitrogen and oxygen atoms in total. The molecule has 0 spiro atoms. The Morgan fingerprint density at radius 3 is 2.48 bits per heavy atom. The van der Waals surface area contributed by atoms with Crippen LogP contribution >= 0.6 is 0 Å². The summed E-state index contributed by atoms with van der Waals surface area (Å²) in [6.07, 6.45) is 4.65. The lowest BCUT2D eigenvalue weighted by atomic mass is 10.1. The van der Waals surface area contributed by atoms with Crippen LogP contribution in [-0.2, 0) is 13.0 Å². The van der Waals surface area contributed by atoms with E-state index in [1.165, 1.54) is 11.1 Å². The highest BCUT2D eigenvalue weighted by Gasteiger charge is 2.12. The second-order valence-corrected chi connectivity index (χ2v) is 5.55. The molecule has 3 heteroatoms. The summed E-state index contributed by atoms with van der Waals surface area (Å²) in [4.78, 5) is 9.06. The minimum atomic E-state index is 0.898. The molecular formula is C20H17N3. The first-order valence-electron chi connectivity index (χ1n) is 7.81. The van der Waals surface area contributed by atoms with Gasteiger partial charge in [-0.3, -0.25) is 4.98 Å². The molecule has 0 aliphatic heterocycles. The number of pyridine rings is 1. The van der Waals surface area contributed by atoms with Gasteiger partial charge in [0.1, 0.15) is 5.82 Å². The monoisotopic (exact) mass is 299 g/mol. The topological polar surface area (TPSA) is 30.7 Å². The Labute approximate surface area is 135 Å². The van der Waals surface area contributed by atoms with Gasteiger partial charge in [-0.1, -0.05) is 42.5 Å². The second-order valence-electron chi connectivity index (χ2n) is 5.55. The number of hydrogen-bond donors (Lipinski definition) is 0. The molecule has 4 rings (SSSR count). The van der Waals surface area contributed by atoms with Crippen molar-refractivity contribution in [1.29, 1.82) is 0 Å². The van der Waals surface area contributed by atoms with Gasteiger partial charge in [-0.2, -0.15) is 0 Å². The van der Waals surface area contributed by atoms with E-state index in [4.69, 9.17) is 4.98 Å². The zero-order valence-electron chi connectivity index (χ0n) is 12.8. The van der Waals surface area contributed by atoms with Crippen molar-refractivity contribution >= 4 is 11.0 Å². The van der Waals surface area contributed by atoms with Crippen molar-refractivity contribution < 1.29 is 0 Å². The summed E-state index contributed by atoms with van der Waals surface area (Å²) in [5, 5.41) is 0. The van der Waals surface area contributed by atoms with Crippen molar-refractivity contribution in [2.75, 3.05) is 0 Å². The van der Waals surface area contributed by atoms with E-state index >= 15 is 0 Å². The fraction of sp³-hybridized carbons (Fsp3) is 0.100. The molecule has 23 heavy (non-hydrogen) atoms. The molecule has 0 saturated heterocycles. The number of hydrogen-bond acceptors (Lipinski definition) is 2. The summed E-state index contributed by atoms with van der Waals surface area (Å²) in [6.45, 7) is 0.898. The van der Waals surface area contributed by atoms with Crippen LogP contribution in [0.3, 0.4) is 0 Å². The van der Waals surface area contributed by atoms with Crippen LogP contribution in [0.25, 0.3) is 22.4 Å². The Morgan fingerprint density at radius 1 is 0.826 bits per heavy atom. The first kappa shape index (κ1) is 13.7. The van der Waals surface area contributed by atoms with Crippen LogP contribution in [0, 0.1) is 0 Å². The smallest absolute Gasteiger partial charge is 0.142 e. The lowest BCUT2D eigenvalue weighted by Crippen LogP contribution is -2.03. The number of rotatable bonds is 4. The lowest BCUT2D eigenvalue weighted by Gasteiger charge is -2.09. The third-order valence-corrected chi connectivity index (χ3v) is 4.04. The minimum absolute atomic E-state index is 0.898. The van der Waals surface area contributed by atoms with Crippen LogP contribution in [0.5, 0.6) is 0 Å². The Kier molecular flexibility index (Phi) is 3.60. The molecule has 0 fully saturated rings. The van der Waals surface area contributed by atoms with E-state index in [0.29, 0.717) is 0 Å². The molecule has 0 aliphatic rings. The maximum absolute atomic E-state index is 4.82. The van der Waals surface area contributed by atoms with E-state index in [9.17, 15) is 0 Å². The van der Waals surface area contributed by atoms with Crippen LogP contribution in [0.1, 0.15) is 5.56 Å². The number of aromatic nitrogens is 3. The van der Waals surface area contributed by atoms with Gasteiger partial charge in [0.2, 0.25) is 0 Å². The fourth-order valence-electron chi connectivity index (χ4n) is 2.90. The van der Waals surface area contributed by atoms with Gasteiger partial charge in [-0.05, 0) is 36.2 Å². The highest BCUT2D eigenvalue weighted by atomic mass is 15.1. The zero-order valence-corrected chi connectivity index (χ0v) is 12.8. The van der Waals surface area contributed by atoms with Gasteiger partial charge in [-0.25, -0.2) is 4.98 Å². The molecular weight excluding hydrogens is 282 g/mol. The highest BCUT2D eigenvalue weighted by Crippen LogP contribution is 2.24. The van der Waals surface area contributed by atoms with E-state index in [1.54, 1.807) is 6.20 Å². The quantitative estimate of drug-likeness (QED) is 0.561. The van der Waals surface area contributed by atoms with Gasteiger partial charge < -0.3 is 4.57 Å². The first-order chi connectivity index (χ1) is 11.4. The van der Waals surface area contributed by atoms with E-state index in [-0.39, 0.29) is 0 Å². The van der Waals surface area contributed by atoms with Gasteiger partial charge in [0.15, 0.2) is 0 Å². The van der Waals surface area contributed by atoms with Crippen molar-refractivity contribution in [2.45, 2.75) is 13.0 Å². The molecule has 4 aromatic rings. The predicted octanol–water partition coefficient (Wildman–Crippen LogP) is 4.34. The summed E-state index contributed by atoms with van der Waals surface area (Å²) in [5.74, 6) is 0.982. The maximum atomic E-state index is 4.82. The van der Waals surface area contributed by atoms with Gasteiger partial charge in [0.25, 0.3) is 0 Å². The Balaban J connectivity index is 1.77. The van der Waals surface area contributed by atoms with Crippen molar-refractivity contribution in [2.24, 2.45) is 0 Å². The molecule has 2 aromatic carbocycles. The second kappa shape index (κ2) is 6.05. The fourth-order valence-corrected chi connectivity index (χ4v) is 2.90. The van der Waals surface area contributed by atoms with Crippen LogP contribution in [0.2, 0.25) is 0 Å². The molecule has 0 amide bonds. The zero-order chi connectivity index (χ0) is 15.5. The van der Waals surface area contributed by atoms with Crippen LogP contribution in [-0.4, -0.2) is 14.5 Å². The lowest BCUT2D eigenvalue weighted by molar-refractivity contribution is 0.723. The van der Waals surface area contributed by atoms with Crippen molar-refractivity contribution in [3.05, 3.63) is 84.7 Å². The number of aryl methyl sites for hydroxylation is 2. The molecule has 0 saturated carbocycles. The van der Waals surface area contributed by atoms with Crippen molar-refractivity contribution in [3.63, 3.8) is 0 Å². The average molecular weight is 299 g/mol. The van der Waals surface area contributed by atoms with E-state index < -0.39 is 0 Å². The van der Waals surface area contributed by atoms with Crippen LogP contribution < -0.4 is 0 Å². The Hall–Kier alpha value is -2.94. The van der Waals surface area contributed by atoms with Gasteiger partial charge in [0, 0.05) is 24.5 Å². The summed E-state index contributed by atoms with van der Waals surface area (Å²) in [5.41, 5.74) is 4.58. The number of para-hydroxylation sites is 2. The number of imidazole rings is 1. The molecule has 0 radical (unpaired) electrons. The molecule has 0 atom stereocenters. The number of nitrogens with zero attached hydrogens (tertiary/aromatic N) is 3. The SMILES string of the molecule is c1ccc(CCn2c(-c3cccnc3)nc3ccccc32)cc1. The maximum Gasteiger partial charge on any atom is 0.142 e. The average Bonchev–Trinajstić information content (AvgIpc) is 3.00. The normalized spacial score (nSPS) is 11.0. The molecule has 112 valence electrons. The van der Waals surface area contributed by atoms with E-state index in [2.05, 4.69) is 64.1 Å². The van der Waals surface area contributed by atoms with Crippen LogP contribution in [0.4, 0.5) is 0 Å². The highest BCUT2D eigenvalue weighted by molar-refractivity contribution is 5.80. The summed E-state index contributed by atoms with van der Waals surface area (Å²) < 4.78 is 2.29. The molecule has 0 bridgehead atoms. The summed E-state index contributed by atoms with van der Waals surface area (Å²) in [7, 11) is 0. The van der Waals surface area contributed by atoms with Crippen molar-refractivity contribution in [3.8, 4) is 11.4 Å². The van der Waals surface area contributed by atoms with Gasteiger partial charge in [0.05, 0.1) is 11.0 Å². The molecule has 0 unspecified atom stereocenters. The predicted molar refractivity (Wildman–Crippen MR) is 93.1 cm³/mol. The Morgan fingerprint density at radius 2 is 1.65 bits per heavy atom. The largest absolute Gasteiger partial charge is 0.324 e. The number of fused-ring (bicyclic) bond motifs is 1. The molecule has 0 aliphatic carbocycles. The molecule has 0 N–H and O–H groups in total. The molecule has 2 heterocycles. The first-order valence-corrected chi connectivity index (χ1v) is 7.81. The minimum Gasteiger partial charge on any atom is -0.324 e. The van der Waals surface area contributed by atoms with E-state index in [1.807, 2.05) is 18.3 Å². The van der Waals surface area contributed by atoms with E-state index in [0.717, 1.165) is 29.9 Å². The van der Waals surface area contributed by atoms with Gasteiger partial charge >= 0.3 is 0 Å². The Bertz CT molecular complexity index is 911. The third kappa shape index (κ3) is 2.73. The third-order valence-electron chi connectivity index (χ3n) is 4.04.